The molecule has 0 aliphatic rings. The largest absolute Gasteiger partial charge is 0.335 e. The van der Waals surface area contributed by atoms with E-state index in [1.165, 1.54) is 10.6 Å². The topological polar surface area (TPSA) is 54.7 Å². The molecule has 0 spiro atoms. The first kappa shape index (κ1) is 14.0. The fourth-order valence-electron chi connectivity index (χ4n) is 2.00. The van der Waals surface area contributed by atoms with E-state index in [-0.39, 0.29) is 17.0 Å². The average molecular weight is 271 g/mol. The van der Waals surface area contributed by atoms with Crippen LogP contribution in [0.1, 0.15) is 24.2 Å². The number of nitrogens with zero attached hydrogens (tertiary/aromatic N) is 3. The molecule has 0 N–H and O–H groups in total. The first-order valence-electron chi connectivity index (χ1n) is 6.44. The quantitative estimate of drug-likeness (QED) is 0.796. The Morgan fingerprint density at radius 3 is 2.85 bits per heavy atom. The molecule has 2 rings (SSSR count). The van der Waals surface area contributed by atoms with Crippen LogP contribution in [0.4, 0.5) is 0 Å². The Morgan fingerprint density at radius 2 is 2.20 bits per heavy atom. The van der Waals surface area contributed by atoms with Crippen LogP contribution in [0.3, 0.4) is 0 Å². The van der Waals surface area contributed by atoms with Crippen LogP contribution in [0.25, 0.3) is 5.65 Å². The summed E-state index contributed by atoms with van der Waals surface area (Å²) < 4.78 is 1.38. The van der Waals surface area contributed by atoms with Crippen molar-refractivity contribution in [2.75, 3.05) is 13.1 Å². The lowest BCUT2D eigenvalue weighted by Gasteiger charge is -2.20. The molecule has 0 atom stereocenters. The van der Waals surface area contributed by atoms with Crippen LogP contribution < -0.4 is 5.56 Å². The number of pyridine rings is 1. The van der Waals surface area contributed by atoms with Crippen molar-refractivity contribution in [1.82, 2.24) is 14.3 Å². The third kappa shape index (κ3) is 2.61. The van der Waals surface area contributed by atoms with Crippen molar-refractivity contribution < 1.29 is 4.79 Å². The van der Waals surface area contributed by atoms with Gasteiger partial charge in [0.1, 0.15) is 11.2 Å². The Kier molecular flexibility index (Phi) is 3.98. The summed E-state index contributed by atoms with van der Waals surface area (Å²) in [6.45, 7) is 8.47. The van der Waals surface area contributed by atoms with E-state index in [1.807, 2.05) is 13.8 Å². The normalized spacial score (nSPS) is 10.5. The summed E-state index contributed by atoms with van der Waals surface area (Å²) in [4.78, 5) is 30.5. The predicted molar refractivity (Wildman–Crippen MR) is 77.9 cm³/mol. The van der Waals surface area contributed by atoms with E-state index in [2.05, 4.69) is 11.6 Å². The summed E-state index contributed by atoms with van der Waals surface area (Å²) in [5.74, 6) is -0.314. The fourth-order valence-corrected chi connectivity index (χ4v) is 2.00. The summed E-state index contributed by atoms with van der Waals surface area (Å²) in [5.41, 5.74) is 1.13. The Labute approximate surface area is 117 Å². The third-order valence-electron chi connectivity index (χ3n) is 2.97. The molecule has 1 amide bonds. The molecule has 0 aliphatic carbocycles. The first-order chi connectivity index (χ1) is 9.54. The fraction of sp³-hybridized carbons (Fsp3) is 0.267. The molecule has 0 aromatic carbocycles. The molecule has 0 radical (unpaired) electrons. The van der Waals surface area contributed by atoms with Gasteiger partial charge in [-0.1, -0.05) is 18.2 Å². The Morgan fingerprint density at radius 1 is 1.45 bits per heavy atom. The number of rotatable bonds is 4. The van der Waals surface area contributed by atoms with E-state index in [0.717, 1.165) is 5.57 Å². The minimum Gasteiger partial charge on any atom is -0.335 e. The van der Waals surface area contributed by atoms with Gasteiger partial charge < -0.3 is 4.90 Å². The summed E-state index contributed by atoms with van der Waals surface area (Å²) >= 11 is 0. The molecule has 0 aliphatic heterocycles. The first-order valence-corrected chi connectivity index (χ1v) is 6.44. The molecule has 0 bridgehead atoms. The van der Waals surface area contributed by atoms with E-state index in [4.69, 9.17) is 0 Å². The lowest BCUT2D eigenvalue weighted by Crippen LogP contribution is -2.36. The maximum absolute atomic E-state index is 12.4. The van der Waals surface area contributed by atoms with E-state index in [0.29, 0.717) is 18.7 Å². The SMILES string of the molecule is C=C(C)CN(CC)C(=O)c1cnc2ccccn2c1=O. The molecule has 2 aromatic rings. The van der Waals surface area contributed by atoms with Crippen molar-refractivity contribution in [3.8, 4) is 0 Å². The number of carbonyl (C=O) groups is 1. The van der Waals surface area contributed by atoms with Crippen LogP contribution in [-0.2, 0) is 0 Å². The highest BCUT2D eigenvalue weighted by atomic mass is 16.2. The van der Waals surface area contributed by atoms with Crippen molar-refractivity contribution in [2.45, 2.75) is 13.8 Å². The number of hydrogen-bond acceptors (Lipinski definition) is 3. The Hall–Kier alpha value is -2.43. The Balaban J connectivity index is 2.47. The van der Waals surface area contributed by atoms with Crippen LogP contribution in [0.5, 0.6) is 0 Å². The van der Waals surface area contributed by atoms with Gasteiger partial charge in [-0.25, -0.2) is 4.98 Å². The summed E-state index contributed by atoms with van der Waals surface area (Å²) in [6.07, 6.45) is 2.96. The minimum atomic E-state index is -0.347. The maximum atomic E-state index is 12.4. The number of amides is 1. The molecule has 5 heteroatoms. The van der Waals surface area contributed by atoms with Gasteiger partial charge in [-0.05, 0) is 26.0 Å². The van der Waals surface area contributed by atoms with E-state index in [9.17, 15) is 9.59 Å². The van der Waals surface area contributed by atoms with Gasteiger partial charge in [0.25, 0.3) is 11.5 Å². The van der Waals surface area contributed by atoms with Gasteiger partial charge in [0, 0.05) is 25.5 Å². The molecule has 20 heavy (non-hydrogen) atoms. The second kappa shape index (κ2) is 5.69. The predicted octanol–water partition coefficient (Wildman–Crippen LogP) is 1.73. The molecular formula is C15H17N3O2. The molecular weight excluding hydrogens is 254 g/mol. The highest BCUT2D eigenvalue weighted by Gasteiger charge is 2.18. The summed E-state index contributed by atoms with van der Waals surface area (Å²) in [5, 5.41) is 0. The smallest absolute Gasteiger partial charge is 0.270 e. The van der Waals surface area contributed by atoms with Gasteiger partial charge >= 0.3 is 0 Å². The number of likely N-dealkylation sites (N-methyl/N-ethyl adjacent to an activating group) is 1. The Bertz CT molecular complexity index is 718. The van der Waals surface area contributed by atoms with E-state index < -0.39 is 0 Å². The molecule has 0 fully saturated rings. The lowest BCUT2D eigenvalue weighted by molar-refractivity contribution is 0.0776. The minimum absolute atomic E-state index is 0.0804. The van der Waals surface area contributed by atoms with Crippen LogP contribution in [0, 0.1) is 0 Å². The zero-order valence-electron chi connectivity index (χ0n) is 11.7. The van der Waals surface area contributed by atoms with Crippen LogP contribution in [-0.4, -0.2) is 33.3 Å². The van der Waals surface area contributed by atoms with Crippen molar-refractivity contribution in [3.63, 3.8) is 0 Å². The second-order valence-electron chi connectivity index (χ2n) is 4.68. The number of hydrogen-bond donors (Lipinski definition) is 0. The standard InChI is InChI=1S/C15H17N3O2/c1-4-17(10-11(2)3)14(19)12-9-16-13-7-5-6-8-18(13)15(12)20/h5-9H,2,4,10H2,1,3H3. The van der Waals surface area contributed by atoms with Gasteiger partial charge in [-0.3, -0.25) is 14.0 Å². The van der Waals surface area contributed by atoms with Crippen LogP contribution in [0.15, 0.2) is 47.5 Å². The zero-order valence-corrected chi connectivity index (χ0v) is 11.7. The van der Waals surface area contributed by atoms with Crippen molar-refractivity contribution in [2.24, 2.45) is 0 Å². The molecule has 104 valence electrons. The molecule has 0 saturated carbocycles. The van der Waals surface area contributed by atoms with Gasteiger partial charge in [-0.2, -0.15) is 0 Å². The number of aromatic nitrogens is 2. The maximum Gasteiger partial charge on any atom is 0.270 e. The van der Waals surface area contributed by atoms with Gasteiger partial charge in [-0.15, -0.1) is 0 Å². The van der Waals surface area contributed by atoms with Crippen molar-refractivity contribution in [3.05, 3.63) is 58.7 Å². The average Bonchev–Trinajstić information content (AvgIpc) is 2.44. The van der Waals surface area contributed by atoms with Gasteiger partial charge in [0.15, 0.2) is 0 Å². The zero-order chi connectivity index (χ0) is 14.7. The molecule has 0 unspecified atom stereocenters. The highest BCUT2D eigenvalue weighted by Crippen LogP contribution is 2.04. The monoisotopic (exact) mass is 271 g/mol. The van der Waals surface area contributed by atoms with Gasteiger partial charge in [0.2, 0.25) is 0 Å². The molecule has 0 saturated heterocycles. The summed E-state index contributed by atoms with van der Waals surface area (Å²) in [6, 6.07) is 5.25. The van der Waals surface area contributed by atoms with Crippen LogP contribution >= 0.6 is 0 Å². The number of carbonyl (C=O) groups excluding carboxylic acids is 1. The second-order valence-corrected chi connectivity index (χ2v) is 4.68. The highest BCUT2D eigenvalue weighted by molar-refractivity contribution is 5.93. The van der Waals surface area contributed by atoms with Crippen LogP contribution in [0.2, 0.25) is 0 Å². The molecule has 2 aromatic heterocycles. The third-order valence-corrected chi connectivity index (χ3v) is 2.97. The molecule has 5 nitrogen and oxygen atoms in total. The lowest BCUT2D eigenvalue weighted by atomic mass is 10.2. The number of fused-ring (bicyclic) bond motifs is 1. The van der Waals surface area contributed by atoms with E-state index >= 15 is 0 Å². The van der Waals surface area contributed by atoms with E-state index in [1.54, 1.807) is 29.3 Å². The van der Waals surface area contributed by atoms with Gasteiger partial charge in [0.05, 0.1) is 0 Å². The van der Waals surface area contributed by atoms with Crippen molar-refractivity contribution >= 4 is 11.6 Å². The van der Waals surface area contributed by atoms with Crippen molar-refractivity contribution in [1.29, 1.82) is 0 Å². The molecule has 2 heterocycles. The summed E-state index contributed by atoms with van der Waals surface area (Å²) in [7, 11) is 0.